The topological polar surface area (TPSA) is 86.1 Å². The predicted molar refractivity (Wildman–Crippen MR) is 121 cm³/mol. The van der Waals surface area contributed by atoms with Crippen molar-refractivity contribution in [2.75, 3.05) is 17.9 Å². The van der Waals surface area contributed by atoms with E-state index in [1.54, 1.807) is 23.0 Å². The van der Waals surface area contributed by atoms with Crippen LogP contribution in [0.25, 0.3) is 11.4 Å². The number of nitrogens with one attached hydrogen (secondary N) is 1. The summed E-state index contributed by atoms with van der Waals surface area (Å²) >= 11 is 6.03. The SMILES string of the molecule is CC(C)(C)c1ccc(S(=O)(=O)Nc2cc(F)c(Cl)cc2-c2nncn2C2CCOC2)cc1. The van der Waals surface area contributed by atoms with E-state index in [1.165, 1.54) is 18.2 Å². The summed E-state index contributed by atoms with van der Waals surface area (Å²) in [4.78, 5) is 0.0671. The van der Waals surface area contributed by atoms with Crippen LogP contribution >= 0.6 is 11.6 Å². The van der Waals surface area contributed by atoms with Crippen molar-refractivity contribution >= 4 is 27.3 Å². The number of hydrogen-bond acceptors (Lipinski definition) is 5. The van der Waals surface area contributed by atoms with Crippen LogP contribution < -0.4 is 4.72 Å². The van der Waals surface area contributed by atoms with E-state index in [2.05, 4.69) is 14.9 Å². The molecule has 1 N–H and O–H groups in total. The highest BCUT2D eigenvalue weighted by molar-refractivity contribution is 7.92. The zero-order valence-corrected chi connectivity index (χ0v) is 19.5. The third-order valence-corrected chi connectivity index (χ3v) is 7.12. The van der Waals surface area contributed by atoms with Crippen molar-refractivity contribution < 1.29 is 17.5 Å². The molecule has 1 aliphatic heterocycles. The first-order chi connectivity index (χ1) is 15.1. The minimum atomic E-state index is -3.99. The fourth-order valence-electron chi connectivity index (χ4n) is 3.60. The molecule has 10 heteroatoms. The Morgan fingerprint density at radius 2 is 1.94 bits per heavy atom. The van der Waals surface area contributed by atoms with Crippen LogP contribution in [0, 0.1) is 5.82 Å². The number of anilines is 1. The minimum absolute atomic E-state index is 0.00164. The number of nitrogens with zero attached hydrogens (tertiary/aromatic N) is 3. The van der Waals surface area contributed by atoms with Crippen LogP contribution in [0.1, 0.15) is 38.8 Å². The Morgan fingerprint density at radius 1 is 1.22 bits per heavy atom. The van der Waals surface area contributed by atoms with Gasteiger partial charge in [-0.2, -0.15) is 0 Å². The Kier molecular flexibility index (Phi) is 6.00. The highest BCUT2D eigenvalue weighted by Gasteiger charge is 2.25. The fraction of sp³-hybridized carbons (Fsp3) is 0.364. The molecule has 3 aromatic rings. The van der Waals surface area contributed by atoms with Crippen LogP contribution in [-0.2, 0) is 20.2 Å². The van der Waals surface area contributed by atoms with Crippen LogP contribution in [-0.4, -0.2) is 36.4 Å². The molecule has 1 aromatic heterocycles. The number of sulfonamides is 1. The van der Waals surface area contributed by atoms with Gasteiger partial charge in [-0.1, -0.05) is 44.5 Å². The molecule has 1 saturated heterocycles. The molecule has 1 aliphatic rings. The first-order valence-electron chi connectivity index (χ1n) is 10.2. The van der Waals surface area contributed by atoms with E-state index in [-0.39, 0.29) is 27.1 Å². The Hall–Kier alpha value is -2.49. The van der Waals surface area contributed by atoms with Crippen LogP contribution in [0.15, 0.2) is 47.6 Å². The molecule has 1 fully saturated rings. The summed E-state index contributed by atoms with van der Waals surface area (Å²) in [5.41, 5.74) is 1.24. The maximum Gasteiger partial charge on any atom is 0.261 e. The monoisotopic (exact) mass is 478 g/mol. The molecule has 0 amide bonds. The molecule has 32 heavy (non-hydrogen) atoms. The molecule has 0 radical (unpaired) electrons. The lowest BCUT2D eigenvalue weighted by atomic mass is 9.87. The first-order valence-corrected chi connectivity index (χ1v) is 12.0. The third kappa shape index (κ3) is 4.51. The van der Waals surface area contributed by atoms with E-state index in [9.17, 15) is 12.8 Å². The normalized spacial score (nSPS) is 17.0. The molecule has 1 atom stereocenters. The van der Waals surface area contributed by atoms with Crippen LogP contribution in [0.5, 0.6) is 0 Å². The van der Waals surface area contributed by atoms with Gasteiger partial charge in [-0.25, -0.2) is 12.8 Å². The number of halogens is 2. The van der Waals surface area contributed by atoms with Gasteiger partial charge in [0.2, 0.25) is 0 Å². The highest BCUT2D eigenvalue weighted by atomic mass is 35.5. The molecule has 0 aliphatic carbocycles. The Bertz CT molecular complexity index is 1230. The lowest BCUT2D eigenvalue weighted by molar-refractivity contribution is 0.187. The van der Waals surface area contributed by atoms with E-state index < -0.39 is 15.8 Å². The molecule has 4 rings (SSSR count). The molecule has 7 nitrogen and oxygen atoms in total. The largest absolute Gasteiger partial charge is 0.379 e. The highest BCUT2D eigenvalue weighted by Crippen LogP contribution is 2.35. The molecule has 0 bridgehead atoms. The molecular weight excluding hydrogens is 455 g/mol. The molecule has 0 spiro atoms. The van der Waals surface area contributed by atoms with Gasteiger partial charge in [-0.15, -0.1) is 10.2 Å². The van der Waals surface area contributed by atoms with Crippen molar-refractivity contribution in [3.63, 3.8) is 0 Å². The number of ether oxygens (including phenoxy) is 1. The quantitative estimate of drug-likeness (QED) is 0.569. The van der Waals surface area contributed by atoms with E-state index in [4.69, 9.17) is 16.3 Å². The summed E-state index contributed by atoms with van der Waals surface area (Å²) in [6.07, 6.45) is 2.32. The zero-order valence-electron chi connectivity index (χ0n) is 18.0. The standard InChI is InChI=1S/C22H24ClFN4O3S/c1-22(2,3)14-4-6-16(7-5-14)32(29,30)27-20-11-19(24)18(23)10-17(20)21-26-25-13-28(21)15-8-9-31-12-15/h4-7,10-11,13,15,27H,8-9,12H2,1-3H3. The lowest BCUT2D eigenvalue weighted by Crippen LogP contribution is -2.16. The van der Waals surface area contributed by atoms with E-state index in [0.29, 0.717) is 24.6 Å². The average molecular weight is 479 g/mol. The Labute approximate surface area is 191 Å². The number of rotatable bonds is 5. The van der Waals surface area contributed by atoms with Crippen LogP contribution in [0.4, 0.5) is 10.1 Å². The van der Waals surface area contributed by atoms with Crippen LogP contribution in [0.2, 0.25) is 5.02 Å². The molecule has 170 valence electrons. The zero-order chi connectivity index (χ0) is 23.1. The summed E-state index contributed by atoms with van der Waals surface area (Å²) in [5.74, 6) is -0.366. The predicted octanol–water partition coefficient (Wildman–Crippen LogP) is 4.80. The van der Waals surface area contributed by atoms with Gasteiger partial charge >= 0.3 is 0 Å². The maximum absolute atomic E-state index is 14.3. The van der Waals surface area contributed by atoms with Gasteiger partial charge in [0.05, 0.1) is 28.3 Å². The smallest absolute Gasteiger partial charge is 0.261 e. The van der Waals surface area contributed by atoms with E-state index >= 15 is 0 Å². The Balaban J connectivity index is 1.73. The van der Waals surface area contributed by atoms with Crippen molar-refractivity contribution in [2.45, 2.75) is 43.5 Å². The fourth-order valence-corrected chi connectivity index (χ4v) is 4.83. The van der Waals surface area contributed by atoms with Gasteiger partial charge < -0.3 is 9.30 Å². The number of benzene rings is 2. The molecule has 2 heterocycles. The van der Waals surface area contributed by atoms with Crippen LogP contribution in [0.3, 0.4) is 0 Å². The minimum Gasteiger partial charge on any atom is -0.379 e. The second kappa shape index (κ2) is 8.46. The number of aromatic nitrogens is 3. The summed E-state index contributed by atoms with van der Waals surface area (Å²) in [6.45, 7) is 7.23. The summed E-state index contributed by atoms with van der Waals surface area (Å²) in [7, 11) is -3.99. The van der Waals surface area contributed by atoms with Crippen molar-refractivity contribution in [3.05, 3.63) is 59.1 Å². The Morgan fingerprint density at radius 3 is 2.56 bits per heavy atom. The van der Waals surface area contributed by atoms with Crippen molar-refractivity contribution in [2.24, 2.45) is 0 Å². The maximum atomic E-state index is 14.3. The van der Waals surface area contributed by atoms with Crippen molar-refractivity contribution in [1.29, 1.82) is 0 Å². The van der Waals surface area contributed by atoms with Gasteiger partial charge in [-0.05, 0) is 35.6 Å². The van der Waals surface area contributed by atoms with E-state index in [0.717, 1.165) is 18.1 Å². The molecule has 2 aromatic carbocycles. The summed E-state index contributed by atoms with van der Waals surface area (Å²) in [5, 5.41) is 7.97. The lowest BCUT2D eigenvalue weighted by Gasteiger charge is -2.19. The first kappa shape index (κ1) is 22.7. The summed E-state index contributed by atoms with van der Waals surface area (Å²) in [6, 6.07) is 9.03. The third-order valence-electron chi connectivity index (χ3n) is 5.45. The number of hydrogen-bond donors (Lipinski definition) is 1. The van der Waals surface area contributed by atoms with Gasteiger partial charge in [0.15, 0.2) is 5.82 Å². The van der Waals surface area contributed by atoms with Gasteiger partial charge in [-0.3, -0.25) is 4.72 Å². The van der Waals surface area contributed by atoms with Gasteiger partial charge in [0.25, 0.3) is 10.0 Å². The summed E-state index contributed by atoms with van der Waals surface area (Å²) < 4.78 is 50.3. The van der Waals surface area contributed by atoms with Crippen molar-refractivity contribution in [1.82, 2.24) is 14.8 Å². The van der Waals surface area contributed by atoms with Crippen molar-refractivity contribution in [3.8, 4) is 11.4 Å². The van der Waals surface area contributed by atoms with E-state index in [1.807, 2.05) is 20.8 Å². The average Bonchev–Trinajstić information content (AvgIpc) is 3.41. The molecule has 0 saturated carbocycles. The molecule has 1 unspecified atom stereocenters. The molecular formula is C22H24ClFN4O3S. The van der Waals surface area contributed by atoms with Gasteiger partial charge in [0, 0.05) is 18.2 Å². The second-order valence-electron chi connectivity index (χ2n) is 8.77. The van der Waals surface area contributed by atoms with Gasteiger partial charge in [0.1, 0.15) is 12.1 Å². The second-order valence-corrected chi connectivity index (χ2v) is 10.9.